The molecule has 1 aliphatic heterocycles. The number of rotatable bonds is 2. The molecule has 4 heteroatoms. The summed E-state index contributed by atoms with van der Waals surface area (Å²) in [7, 11) is -0.443. The molecule has 2 rings (SSSR count). The third kappa shape index (κ3) is 2.65. The second-order valence-electron chi connectivity index (χ2n) is 7.24. The van der Waals surface area contributed by atoms with Crippen LogP contribution in [0.5, 0.6) is 0 Å². The molecule has 1 heterocycles. The Balaban J connectivity index is 2.47. The lowest BCUT2D eigenvalue weighted by Crippen LogP contribution is -2.41. The molecule has 0 aliphatic carbocycles. The van der Waals surface area contributed by atoms with Crippen LogP contribution in [0.3, 0.4) is 0 Å². The van der Waals surface area contributed by atoms with E-state index in [1.165, 1.54) is 0 Å². The van der Waals surface area contributed by atoms with Crippen LogP contribution >= 0.6 is 0 Å². The van der Waals surface area contributed by atoms with Crippen LogP contribution in [0.2, 0.25) is 0 Å². The quantitative estimate of drug-likeness (QED) is 0.844. The Morgan fingerprint density at radius 3 is 2.00 bits per heavy atom. The maximum atomic E-state index is 10.4. The van der Waals surface area contributed by atoms with Gasteiger partial charge in [-0.1, -0.05) is 23.8 Å². The number of aliphatic hydroxyl groups is 1. The summed E-state index contributed by atoms with van der Waals surface area (Å²) in [6.07, 6.45) is 0. The summed E-state index contributed by atoms with van der Waals surface area (Å²) in [5.41, 5.74) is 1.21. The van der Waals surface area contributed by atoms with Gasteiger partial charge in [-0.2, -0.15) is 0 Å². The molecule has 1 aliphatic rings. The van der Waals surface area contributed by atoms with Gasteiger partial charge in [0.05, 0.1) is 16.8 Å². The predicted octanol–water partition coefficient (Wildman–Crippen LogP) is 2.52. The fourth-order valence-electron chi connectivity index (χ4n) is 2.40. The number of benzene rings is 1. The molecule has 3 nitrogen and oxygen atoms in total. The van der Waals surface area contributed by atoms with Crippen molar-refractivity contribution in [3.63, 3.8) is 0 Å². The van der Waals surface area contributed by atoms with Gasteiger partial charge in [0.15, 0.2) is 0 Å². The Morgan fingerprint density at radius 1 is 1.05 bits per heavy atom. The van der Waals surface area contributed by atoms with Crippen molar-refractivity contribution in [2.24, 2.45) is 0 Å². The molecule has 1 aromatic carbocycles. The zero-order valence-electron chi connectivity index (χ0n) is 13.6. The Morgan fingerprint density at radius 2 is 1.55 bits per heavy atom. The van der Waals surface area contributed by atoms with Crippen LogP contribution in [0.1, 0.15) is 52.7 Å². The third-order valence-corrected chi connectivity index (χ3v) is 4.37. The number of aryl methyl sites for hydroxylation is 1. The summed E-state index contributed by atoms with van der Waals surface area (Å²) in [5.74, 6) is 0. The van der Waals surface area contributed by atoms with E-state index < -0.39 is 12.7 Å². The van der Waals surface area contributed by atoms with E-state index in [9.17, 15) is 5.11 Å². The van der Waals surface area contributed by atoms with E-state index in [0.29, 0.717) is 0 Å². The van der Waals surface area contributed by atoms with E-state index in [0.717, 1.165) is 16.6 Å². The van der Waals surface area contributed by atoms with Crippen LogP contribution in [0, 0.1) is 6.92 Å². The Bertz CT molecular complexity index is 499. The molecular formula is C16H25BO3. The molecule has 110 valence electrons. The molecule has 0 aromatic heterocycles. The van der Waals surface area contributed by atoms with Gasteiger partial charge >= 0.3 is 7.12 Å². The van der Waals surface area contributed by atoms with E-state index >= 15 is 0 Å². The normalized spacial score (nSPS) is 21.3. The first-order valence-corrected chi connectivity index (χ1v) is 7.13. The highest BCUT2D eigenvalue weighted by molar-refractivity contribution is 6.62. The van der Waals surface area contributed by atoms with Crippen LogP contribution in [0.4, 0.5) is 0 Å². The highest BCUT2D eigenvalue weighted by Crippen LogP contribution is 2.37. The smallest absolute Gasteiger partial charge is 0.399 e. The zero-order valence-corrected chi connectivity index (χ0v) is 13.6. The summed E-state index contributed by atoms with van der Waals surface area (Å²) in [5, 5.41) is 10.4. The molecule has 0 spiro atoms. The largest absolute Gasteiger partial charge is 0.495 e. The minimum absolute atomic E-state index is 0.377. The molecule has 1 saturated heterocycles. The summed E-state index contributed by atoms with van der Waals surface area (Å²) in [4.78, 5) is 0. The highest BCUT2D eigenvalue weighted by atomic mass is 16.7. The standard InChI is InChI=1S/C16H25BO3/c1-11-8-9-12(14(2,3)18)13(10-11)17-19-15(4,5)16(6,7)20-17/h8-10,18H,1-7H3. The van der Waals surface area contributed by atoms with E-state index in [2.05, 4.69) is 0 Å². The summed E-state index contributed by atoms with van der Waals surface area (Å²) >= 11 is 0. The Labute approximate surface area is 122 Å². The van der Waals surface area contributed by atoms with Gasteiger partial charge in [0.25, 0.3) is 0 Å². The summed E-state index contributed by atoms with van der Waals surface area (Å²) in [6, 6.07) is 5.99. The molecule has 0 radical (unpaired) electrons. The SMILES string of the molecule is Cc1ccc(C(C)(C)O)c(B2OC(C)(C)C(C)(C)O2)c1. The second-order valence-corrected chi connectivity index (χ2v) is 7.24. The van der Waals surface area contributed by atoms with Gasteiger partial charge in [0.1, 0.15) is 0 Å². The van der Waals surface area contributed by atoms with E-state index in [-0.39, 0.29) is 11.2 Å². The van der Waals surface area contributed by atoms with Gasteiger partial charge in [-0.25, -0.2) is 0 Å². The van der Waals surface area contributed by atoms with Crippen molar-refractivity contribution in [3.05, 3.63) is 29.3 Å². The van der Waals surface area contributed by atoms with Crippen LogP contribution in [0.15, 0.2) is 18.2 Å². The average molecular weight is 276 g/mol. The molecular weight excluding hydrogens is 251 g/mol. The Kier molecular flexibility index (Phi) is 3.57. The van der Waals surface area contributed by atoms with Crippen molar-refractivity contribution in [2.45, 2.75) is 65.3 Å². The summed E-state index contributed by atoms with van der Waals surface area (Å²) < 4.78 is 12.2. The average Bonchev–Trinajstić information content (AvgIpc) is 2.46. The van der Waals surface area contributed by atoms with Gasteiger partial charge in [-0.05, 0) is 59.5 Å². The maximum absolute atomic E-state index is 10.4. The predicted molar refractivity (Wildman–Crippen MR) is 82.1 cm³/mol. The molecule has 1 N–H and O–H groups in total. The highest BCUT2D eigenvalue weighted by Gasteiger charge is 2.52. The van der Waals surface area contributed by atoms with Crippen LogP contribution in [-0.4, -0.2) is 23.4 Å². The topological polar surface area (TPSA) is 38.7 Å². The summed E-state index contributed by atoms with van der Waals surface area (Å²) in [6.45, 7) is 13.7. The van der Waals surface area contributed by atoms with Crippen LogP contribution in [-0.2, 0) is 14.9 Å². The molecule has 0 amide bonds. The molecule has 0 unspecified atom stereocenters. The maximum Gasteiger partial charge on any atom is 0.495 e. The van der Waals surface area contributed by atoms with E-state index in [4.69, 9.17) is 9.31 Å². The van der Waals surface area contributed by atoms with E-state index in [1.54, 1.807) is 13.8 Å². The van der Waals surface area contributed by atoms with E-state index in [1.807, 2.05) is 52.8 Å². The molecule has 1 fully saturated rings. The molecule has 0 saturated carbocycles. The fourth-order valence-corrected chi connectivity index (χ4v) is 2.40. The lowest BCUT2D eigenvalue weighted by atomic mass is 9.72. The van der Waals surface area contributed by atoms with Crippen molar-refractivity contribution in [2.75, 3.05) is 0 Å². The van der Waals surface area contributed by atoms with Crippen LogP contribution in [0.25, 0.3) is 0 Å². The fraction of sp³-hybridized carbons (Fsp3) is 0.625. The van der Waals surface area contributed by atoms with Crippen LogP contribution < -0.4 is 5.46 Å². The third-order valence-electron chi connectivity index (χ3n) is 4.37. The monoisotopic (exact) mass is 276 g/mol. The van der Waals surface area contributed by atoms with Gasteiger partial charge in [0, 0.05) is 0 Å². The van der Waals surface area contributed by atoms with Crippen molar-refractivity contribution >= 4 is 12.6 Å². The lowest BCUT2D eigenvalue weighted by molar-refractivity contribution is 0.00578. The van der Waals surface area contributed by atoms with Gasteiger partial charge in [-0.15, -0.1) is 0 Å². The van der Waals surface area contributed by atoms with Gasteiger partial charge < -0.3 is 14.4 Å². The molecule has 0 atom stereocenters. The van der Waals surface area contributed by atoms with Crippen molar-refractivity contribution in [1.82, 2.24) is 0 Å². The Hall–Kier alpha value is -0.835. The molecule has 0 bridgehead atoms. The zero-order chi connectivity index (χ0) is 15.3. The van der Waals surface area contributed by atoms with Crippen molar-refractivity contribution in [1.29, 1.82) is 0 Å². The minimum Gasteiger partial charge on any atom is -0.399 e. The first-order valence-electron chi connectivity index (χ1n) is 7.13. The number of hydrogen-bond donors (Lipinski definition) is 1. The first kappa shape index (κ1) is 15.6. The lowest BCUT2D eigenvalue weighted by Gasteiger charge is -2.32. The molecule has 20 heavy (non-hydrogen) atoms. The second kappa shape index (κ2) is 4.59. The van der Waals surface area contributed by atoms with Gasteiger partial charge in [-0.3, -0.25) is 0 Å². The van der Waals surface area contributed by atoms with Gasteiger partial charge in [0.2, 0.25) is 0 Å². The minimum atomic E-state index is -0.924. The molecule has 1 aromatic rings. The first-order chi connectivity index (χ1) is 8.94. The number of hydrogen-bond acceptors (Lipinski definition) is 3. The van der Waals surface area contributed by atoms with Crippen molar-refractivity contribution < 1.29 is 14.4 Å². The van der Waals surface area contributed by atoms with Crippen molar-refractivity contribution in [3.8, 4) is 0 Å².